The van der Waals surface area contributed by atoms with Gasteiger partial charge >= 0.3 is 5.97 Å². The average Bonchev–Trinajstić information content (AvgIpc) is 2.74. The summed E-state index contributed by atoms with van der Waals surface area (Å²) in [5, 5.41) is 14.8. The van der Waals surface area contributed by atoms with Crippen molar-refractivity contribution in [2.75, 3.05) is 0 Å². The molecule has 172 valence electrons. The predicted molar refractivity (Wildman–Crippen MR) is 120 cm³/mol. The van der Waals surface area contributed by atoms with Crippen molar-refractivity contribution >= 4 is 17.8 Å². The molecule has 0 unspecified atom stereocenters. The monoisotopic (exact) mass is 442 g/mol. The number of carboxylic acid groups (broad SMARTS) is 1. The molecule has 32 heavy (non-hydrogen) atoms. The zero-order valence-electron chi connectivity index (χ0n) is 18.7. The van der Waals surface area contributed by atoms with Gasteiger partial charge in [0.15, 0.2) is 0 Å². The summed E-state index contributed by atoms with van der Waals surface area (Å²) in [5.41, 5.74) is 1.65. The van der Waals surface area contributed by atoms with E-state index in [1.165, 1.54) is 12.1 Å². The van der Waals surface area contributed by atoms with Gasteiger partial charge in [0.1, 0.15) is 17.9 Å². The molecule has 3 N–H and O–H groups in total. The third-order valence-electron chi connectivity index (χ3n) is 5.14. The molecule has 6 nitrogen and oxygen atoms in total. The van der Waals surface area contributed by atoms with Crippen LogP contribution in [-0.4, -0.2) is 35.0 Å². The third kappa shape index (κ3) is 8.13. The average molecular weight is 443 g/mol. The quantitative estimate of drug-likeness (QED) is 0.497. The highest BCUT2D eigenvalue weighted by Crippen LogP contribution is 2.12. The number of nitrogens with one attached hydrogen (secondary N) is 2. The molecule has 0 fully saturated rings. The van der Waals surface area contributed by atoms with Crippen molar-refractivity contribution in [2.24, 2.45) is 11.8 Å². The van der Waals surface area contributed by atoms with Gasteiger partial charge in [-0.15, -0.1) is 0 Å². The van der Waals surface area contributed by atoms with Gasteiger partial charge in [0.25, 0.3) is 0 Å². The molecule has 0 heterocycles. The summed E-state index contributed by atoms with van der Waals surface area (Å²) < 4.78 is 13.1. The molecule has 2 amide bonds. The van der Waals surface area contributed by atoms with Gasteiger partial charge < -0.3 is 15.7 Å². The van der Waals surface area contributed by atoms with Crippen molar-refractivity contribution in [3.05, 3.63) is 71.5 Å². The van der Waals surface area contributed by atoms with Gasteiger partial charge in [-0.3, -0.25) is 9.59 Å². The van der Waals surface area contributed by atoms with Crippen LogP contribution in [0.1, 0.15) is 38.3 Å². The van der Waals surface area contributed by atoms with Crippen molar-refractivity contribution in [1.29, 1.82) is 0 Å². The Hall–Kier alpha value is -3.22. The Labute approximate surface area is 188 Å². The topological polar surface area (TPSA) is 95.5 Å². The Kier molecular flexibility index (Phi) is 9.38. The molecule has 2 aromatic rings. The minimum Gasteiger partial charge on any atom is -0.480 e. The summed E-state index contributed by atoms with van der Waals surface area (Å²) in [6.45, 7) is 5.49. The van der Waals surface area contributed by atoms with Crippen molar-refractivity contribution in [3.63, 3.8) is 0 Å². The predicted octanol–water partition coefficient (Wildman–Crippen LogP) is 3.35. The van der Waals surface area contributed by atoms with Gasteiger partial charge in [-0.05, 0) is 42.0 Å². The fourth-order valence-electron chi connectivity index (χ4n) is 3.40. The Bertz CT molecular complexity index is 900. The van der Waals surface area contributed by atoms with Crippen LogP contribution in [-0.2, 0) is 27.2 Å². The molecule has 3 atom stereocenters. The van der Waals surface area contributed by atoms with Crippen LogP contribution in [0, 0.1) is 17.7 Å². The highest BCUT2D eigenvalue weighted by atomic mass is 19.1. The van der Waals surface area contributed by atoms with E-state index in [1.807, 2.05) is 44.2 Å². The number of benzene rings is 2. The van der Waals surface area contributed by atoms with E-state index in [2.05, 4.69) is 10.6 Å². The first-order valence-electron chi connectivity index (χ1n) is 10.8. The summed E-state index contributed by atoms with van der Waals surface area (Å²) in [6.07, 6.45) is 0.903. The fraction of sp³-hybridized carbons (Fsp3) is 0.400. The number of hydrogen-bond acceptors (Lipinski definition) is 3. The van der Waals surface area contributed by atoms with E-state index < -0.39 is 29.9 Å². The van der Waals surface area contributed by atoms with Crippen LogP contribution >= 0.6 is 0 Å². The molecular weight excluding hydrogens is 411 g/mol. The van der Waals surface area contributed by atoms with Crippen molar-refractivity contribution in [2.45, 2.75) is 52.1 Å². The van der Waals surface area contributed by atoms with E-state index in [1.54, 1.807) is 19.1 Å². The minimum atomic E-state index is -1.11. The molecule has 2 aromatic carbocycles. The second-order valence-electron chi connectivity index (χ2n) is 8.51. The molecule has 0 saturated heterocycles. The number of hydrogen-bond donors (Lipinski definition) is 3. The lowest BCUT2D eigenvalue weighted by molar-refractivity contribution is -0.142. The van der Waals surface area contributed by atoms with Crippen LogP contribution < -0.4 is 10.6 Å². The van der Waals surface area contributed by atoms with Gasteiger partial charge in [0, 0.05) is 12.3 Å². The molecule has 0 saturated carbocycles. The smallest absolute Gasteiger partial charge is 0.326 e. The molecule has 0 spiro atoms. The lowest BCUT2D eigenvalue weighted by atomic mass is 9.98. The lowest BCUT2D eigenvalue weighted by Gasteiger charge is -2.24. The zero-order chi connectivity index (χ0) is 23.7. The maximum atomic E-state index is 13.1. The largest absolute Gasteiger partial charge is 0.480 e. The number of carbonyl (C=O) groups is 3. The van der Waals surface area contributed by atoms with Gasteiger partial charge in [0.2, 0.25) is 11.8 Å². The number of carboxylic acids is 1. The Morgan fingerprint density at radius 1 is 0.812 bits per heavy atom. The van der Waals surface area contributed by atoms with E-state index >= 15 is 0 Å². The van der Waals surface area contributed by atoms with Crippen LogP contribution in [0.15, 0.2) is 54.6 Å². The molecule has 0 aliphatic heterocycles. The zero-order valence-corrected chi connectivity index (χ0v) is 18.7. The molecular formula is C25H31FN2O4. The van der Waals surface area contributed by atoms with Gasteiger partial charge in [-0.2, -0.15) is 0 Å². The second-order valence-corrected chi connectivity index (χ2v) is 8.51. The van der Waals surface area contributed by atoms with Gasteiger partial charge in [-0.25, -0.2) is 9.18 Å². The van der Waals surface area contributed by atoms with E-state index in [-0.39, 0.29) is 30.5 Å². The van der Waals surface area contributed by atoms with Crippen LogP contribution in [0.2, 0.25) is 0 Å². The molecule has 7 heteroatoms. The summed E-state index contributed by atoms with van der Waals surface area (Å²) in [7, 11) is 0. The van der Waals surface area contributed by atoms with Crippen LogP contribution in [0.5, 0.6) is 0 Å². The van der Waals surface area contributed by atoms with Crippen molar-refractivity contribution in [1.82, 2.24) is 10.6 Å². The molecule has 0 aromatic heterocycles. The van der Waals surface area contributed by atoms with Crippen LogP contribution in [0.3, 0.4) is 0 Å². The van der Waals surface area contributed by atoms with Crippen LogP contribution in [0.25, 0.3) is 0 Å². The standard InChI is InChI=1S/C25H31FN2O4/c1-16(2)13-22(25(31)32)28-24(30)21(15-18-7-5-4-6-8-18)27-23(29)17(3)14-19-9-11-20(26)12-10-19/h4-12,16-17,21-22H,13-15H2,1-3H3,(H,27,29)(H,28,30)(H,31,32)/t17-,21-,22-/m1/s1. The molecule has 0 radical (unpaired) electrons. The van der Waals surface area contributed by atoms with E-state index in [9.17, 15) is 23.9 Å². The number of halogens is 1. The van der Waals surface area contributed by atoms with Gasteiger partial charge in [-0.1, -0.05) is 63.2 Å². The number of amides is 2. The fourth-order valence-corrected chi connectivity index (χ4v) is 3.40. The molecule has 0 bridgehead atoms. The number of carbonyl (C=O) groups excluding carboxylic acids is 2. The Morgan fingerprint density at radius 3 is 1.94 bits per heavy atom. The summed E-state index contributed by atoms with van der Waals surface area (Å²) >= 11 is 0. The van der Waals surface area contributed by atoms with Crippen LogP contribution in [0.4, 0.5) is 4.39 Å². The summed E-state index contributed by atoms with van der Waals surface area (Å²) in [4.78, 5) is 37.4. The maximum absolute atomic E-state index is 13.1. The summed E-state index contributed by atoms with van der Waals surface area (Å²) in [5.74, 6) is -2.71. The molecule has 0 aliphatic rings. The normalized spacial score (nSPS) is 13.8. The van der Waals surface area contributed by atoms with Crippen molar-refractivity contribution < 1.29 is 23.9 Å². The summed E-state index contributed by atoms with van der Waals surface area (Å²) in [6, 6.07) is 13.2. The van der Waals surface area contributed by atoms with E-state index in [0.717, 1.165) is 11.1 Å². The first kappa shape index (κ1) is 25.0. The third-order valence-corrected chi connectivity index (χ3v) is 5.14. The highest BCUT2D eigenvalue weighted by molar-refractivity contribution is 5.91. The SMILES string of the molecule is CC(C)C[C@@H](NC(=O)[C@@H](Cc1ccccc1)NC(=O)[C@H](C)Cc1ccc(F)cc1)C(=O)O. The Balaban J connectivity index is 2.12. The number of aliphatic carboxylic acids is 1. The highest BCUT2D eigenvalue weighted by Gasteiger charge is 2.28. The van der Waals surface area contributed by atoms with Gasteiger partial charge in [0.05, 0.1) is 0 Å². The molecule has 2 rings (SSSR count). The first-order chi connectivity index (χ1) is 15.2. The lowest BCUT2D eigenvalue weighted by Crippen LogP contribution is -2.53. The maximum Gasteiger partial charge on any atom is 0.326 e. The number of rotatable bonds is 11. The Morgan fingerprint density at radius 2 is 1.38 bits per heavy atom. The minimum absolute atomic E-state index is 0.0781. The van der Waals surface area contributed by atoms with Crippen molar-refractivity contribution in [3.8, 4) is 0 Å². The second kappa shape index (κ2) is 12.0. The first-order valence-corrected chi connectivity index (χ1v) is 10.8. The van der Waals surface area contributed by atoms with E-state index in [0.29, 0.717) is 6.42 Å². The van der Waals surface area contributed by atoms with E-state index in [4.69, 9.17) is 0 Å². The molecule has 0 aliphatic carbocycles.